The lowest BCUT2D eigenvalue weighted by Gasteiger charge is -2.01. The first kappa shape index (κ1) is 7.85. The molecule has 1 aromatic carbocycles. The van der Waals surface area contributed by atoms with Crippen LogP contribution < -0.4 is 0 Å². The first-order valence-corrected chi connectivity index (χ1v) is 4.15. The summed E-state index contributed by atoms with van der Waals surface area (Å²) < 4.78 is 1.11. The van der Waals surface area contributed by atoms with Crippen LogP contribution in [0.3, 0.4) is 0 Å². The van der Waals surface area contributed by atoms with Crippen molar-refractivity contribution < 1.29 is 5.11 Å². The van der Waals surface area contributed by atoms with Gasteiger partial charge in [-0.1, -0.05) is 6.07 Å². The second-order valence-corrected chi connectivity index (χ2v) is 3.55. The van der Waals surface area contributed by atoms with E-state index in [0.29, 0.717) is 5.75 Å². The van der Waals surface area contributed by atoms with Crippen LogP contribution in [0.15, 0.2) is 12.1 Å². The molecule has 0 aromatic heterocycles. The van der Waals surface area contributed by atoms with Gasteiger partial charge in [0.05, 0.1) is 0 Å². The third-order valence-corrected chi connectivity index (χ3v) is 2.64. The van der Waals surface area contributed by atoms with E-state index in [1.54, 1.807) is 6.07 Å². The van der Waals surface area contributed by atoms with E-state index in [0.717, 1.165) is 9.13 Å². The van der Waals surface area contributed by atoms with Gasteiger partial charge >= 0.3 is 0 Å². The minimum Gasteiger partial charge on any atom is -0.508 e. The summed E-state index contributed by atoms with van der Waals surface area (Å²) in [6, 6.07) is 3.77. The van der Waals surface area contributed by atoms with Crippen molar-refractivity contribution in [2.24, 2.45) is 0 Å². The van der Waals surface area contributed by atoms with Crippen LogP contribution >= 0.6 is 22.6 Å². The molecule has 0 heterocycles. The Balaban J connectivity index is 3.28. The molecule has 1 aromatic rings. The quantitative estimate of drug-likeness (QED) is 0.699. The number of hydrogen-bond acceptors (Lipinski definition) is 1. The van der Waals surface area contributed by atoms with E-state index >= 15 is 0 Å². The average Bonchev–Trinajstić information content (AvgIpc) is 1.84. The molecular weight excluding hydrogens is 239 g/mol. The van der Waals surface area contributed by atoms with E-state index in [9.17, 15) is 5.11 Å². The summed E-state index contributed by atoms with van der Waals surface area (Å²) in [5, 5.41) is 9.22. The van der Waals surface area contributed by atoms with Crippen molar-refractivity contribution in [2.45, 2.75) is 13.8 Å². The zero-order chi connectivity index (χ0) is 7.72. The van der Waals surface area contributed by atoms with Gasteiger partial charge in [0.2, 0.25) is 0 Å². The molecule has 0 spiro atoms. The molecule has 2 heteroatoms. The van der Waals surface area contributed by atoms with Gasteiger partial charge in [-0.25, -0.2) is 0 Å². The molecule has 0 atom stereocenters. The monoisotopic (exact) mass is 248 g/mol. The number of aryl methyl sites for hydroxylation is 2. The zero-order valence-electron chi connectivity index (χ0n) is 5.98. The lowest BCUT2D eigenvalue weighted by molar-refractivity contribution is 0.470. The van der Waals surface area contributed by atoms with E-state index in [4.69, 9.17) is 0 Å². The Hall–Kier alpha value is -0.250. The maximum Gasteiger partial charge on any atom is 0.119 e. The van der Waals surface area contributed by atoms with Gasteiger partial charge in [-0.2, -0.15) is 0 Å². The Kier molecular flexibility index (Phi) is 2.18. The molecule has 0 radical (unpaired) electrons. The van der Waals surface area contributed by atoms with Crippen LogP contribution in [0.1, 0.15) is 11.1 Å². The highest BCUT2D eigenvalue weighted by atomic mass is 127. The zero-order valence-corrected chi connectivity index (χ0v) is 8.14. The number of halogens is 1. The Morgan fingerprint density at radius 2 is 1.80 bits per heavy atom. The second kappa shape index (κ2) is 2.78. The highest BCUT2D eigenvalue weighted by Gasteiger charge is 1.98. The van der Waals surface area contributed by atoms with Crippen molar-refractivity contribution in [2.75, 3.05) is 0 Å². The van der Waals surface area contributed by atoms with Gasteiger partial charge in [-0.3, -0.25) is 0 Å². The minimum absolute atomic E-state index is 0.384. The summed E-state index contributed by atoms with van der Waals surface area (Å²) in [4.78, 5) is 0. The summed E-state index contributed by atoms with van der Waals surface area (Å²) in [5.41, 5.74) is 2.16. The van der Waals surface area contributed by atoms with Gasteiger partial charge in [-0.05, 0) is 53.6 Å². The highest BCUT2D eigenvalue weighted by molar-refractivity contribution is 14.1. The van der Waals surface area contributed by atoms with Crippen molar-refractivity contribution in [3.8, 4) is 5.75 Å². The number of aromatic hydroxyl groups is 1. The standard InChI is InChI=1S/C8H9IO/c1-5-3-6(2)8(10)4-7(5)9/h3-4,10H,1-2H3. The van der Waals surface area contributed by atoms with Crippen molar-refractivity contribution in [3.05, 3.63) is 26.8 Å². The molecule has 54 valence electrons. The van der Waals surface area contributed by atoms with Gasteiger partial charge in [0.25, 0.3) is 0 Å². The molecule has 0 aliphatic heterocycles. The smallest absolute Gasteiger partial charge is 0.119 e. The van der Waals surface area contributed by atoms with Crippen molar-refractivity contribution in [3.63, 3.8) is 0 Å². The molecule has 0 aliphatic carbocycles. The van der Waals surface area contributed by atoms with E-state index in [2.05, 4.69) is 22.6 Å². The highest BCUT2D eigenvalue weighted by Crippen LogP contribution is 2.22. The predicted molar refractivity (Wildman–Crippen MR) is 50.3 cm³/mol. The number of phenolic OH excluding ortho intramolecular Hbond substituents is 1. The van der Waals surface area contributed by atoms with E-state index in [1.165, 1.54) is 5.56 Å². The van der Waals surface area contributed by atoms with Gasteiger partial charge in [0, 0.05) is 3.57 Å². The molecule has 0 fully saturated rings. The summed E-state index contributed by atoms with van der Waals surface area (Å²) in [6.45, 7) is 3.94. The van der Waals surface area contributed by atoms with Crippen LogP contribution in [0.5, 0.6) is 5.75 Å². The Morgan fingerprint density at radius 1 is 1.20 bits per heavy atom. The van der Waals surface area contributed by atoms with Crippen molar-refractivity contribution in [1.82, 2.24) is 0 Å². The number of hydrogen-bond donors (Lipinski definition) is 1. The second-order valence-electron chi connectivity index (χ2n) is 2.39. The van der Waals surface area contributed by atoms with Crippen LogP contribution in [-0.4, -0.2) is 5.11 Å². The number of phenols is 1. The fourth-order valence-corrected chi connectivity index (χ4v) is 1.27. The fourth-order valence-electron chi connectivity index (χ4n) is 0.815. The largest absolute Gasteiger partial charge is 0.508 e. The maximum absolute atomic E-state index is 9.22. The van der Waals surface area contributed by atoms with Crippen LogP contribution in [0.2, 0.25) is 0 Å². The average molecular weight is 248 g/mol. The lowest BCUT2D eigenvalue weighted by atomic mass is 10.1. The van der Waals surface area contributed by atoms with E-state index in [1.807, 2.05) is 19.9 Å². The Labute approximate surface area is 74.2 Å². The molecule has 10 heavy (non-hydrogen) atoms. The molecule has 0 amide bonds. The third kappa shape index (κ3) is 1.42. The summed E-state index contributed by atoms with van der Waals surface area (Å²) in [7, 11) is 0. The normalized spacial score (nSPS) is 9.90. The van der Waals surface area contributed by atoms with Gasteiger partial charge in [0.15, 0.2) is 0 Å². The summed E-state index contributed by atoms with van der Waals surface area (Å²) >= 11 is 2.21. The SMILES string of the molecule is Cc1cc(C)c(I)cc1O. The van der Waals surface area contributed by atoms with Gasteiger partial charge in [0.1, 0.15) is 5.75 Å². The van der Waals surface area contributed by atoms with Crippen molar-refractivity contribution in [1.29, 1.82) is 0 Å². The van der Waals surface area contributed by atoms with Crippen molar-refractivity contribution >= 4 is 22.6 Å². The van der Waals surface area contributed by atoms with Gasteiger partial charge in [-0.15, -0.1) is 0 Å². The van der Waals surface area contributed by atoms with Gasteiger partial charge < -0.3 is 5.11 Å². The Morgan fingerprint density at radius 3 is 2.30 bits per heavy atom. The van der Waals surface area contributed by atoms with Crippen LogP contribution in [0, 0.1) is 17.4 Å². The Bertz CT molecular complexity index is 205. The molecule has 0 saturated carbocycles. The molecule has 0 saturated heterocycles. The molecule has 1 N–H and O–H groups in total. The van der Waals surface area contributed by atoms with Crippen LogP contribution in [0.25, 0.3) is 0 Å². The maximum atomic E-state index is 9.22. The molecule has 1 rings (SSSR count). The number of rotatable bonds is 0. The fraction of sp³-hybridized carbons (Fsp3) is 0.250. The number of benzene rings is 1. The third-order valence-electron chi connectivity index (χ3n) is 1.48. The molecule has 0 unspecified atom stereocenters. The predicted octanol–water partition coefficient (Wildman–Crippen LogP) is 2.61. The first-order chi connectivity index (χ1) is 4.61. The molecule has 0 bridgehead atoms. The van der Waals surface area contributed by atoms with Crippen LogP contribution in [-0.2, 0) is 0 Å². The summed E-state index contributed by atoms with van der Waals surface area (Å²) in [5.74, 6) is 0.384. The topological polar surface area (TPSA) is 20.2 Å². The first-order valence-electron chi connectivity index (χ1n) is 3.07. The summed E-state index contributed by atoms with van der Waals surface area (Å²) in [6.07, 6.45) is 0. The molecule has 1 nitrogen and oxygen atoms in total. The van der Waals surface area contributed by atoms with E-state index < -0.39 is 0 Å². The lowest BCUT2D eigenvalue weighted by Crippen LogP contribution is -1.82. The minimum atomic E-state index is 0.384. The van der Waals surface area contributed by atoms with Crippen LogP contribution in [0.4, 0.5) is 0 Å². The van der Waals surface area contributed by atoms with E-state index in [-0.39, 0.29) is 0 Å². The molecular formula is C8H9IO. The molecule has 0 aliphatic rings.